The number of nitrogens with zero attached hydrogens (tertiary/aromatic N) is 8. The Morgan fingerprint density at radius 2 is 0.554 bits per heavy atom. The van der Waals surface area contributed by atoms with E-state index < -0.39 is 158 Å². The molecular weight excluding hydrogens is 1700 g/mol. The minimum absolute atomic E-state index is 0. The molecule has 2 aliphatic rings. The van der Waals surface area contributed by atoms with Crippen molar-refractivity contribution in [2.45, 2.75) is 113 Å². The molecule has 3 radical (unpaired) electrons. The van der Waals surface area contributed by atoms with Crippen molar-refractivity contribution in [3.05, 3.63) is 59.7 Å². The third kappa shape index (κ3) is 48.3. The average molecular weight is 1810 g/mol. The van der Waals surface area contributed by atoms with Gasteiger partial charge in [-0.25, -0.2) is 28.8 Å². The maximum Gasteiger partial charge on any atom is 0.326 e. The van der Waals surface area contributed by atoms with Gasteiger partial charge >= 0.3 is 95.6 Å². The van der Waals surface area contributed by atoms with Crippen LogP contribution in [0.5, 0.6) is 0 Å². The number of nitrogens with one attached hydrogen (secondary N) is 8. The van der Waals surface area contributed by atoms with Gasteiger partial charge in [-0.15, -0.1) is 0 Å². The van der Waals surface area contributed by atoms with Crippen LogP contribution >= 0.6 is 24.4 Å². The number of carboxylic acid groups (broad SMARTS) is 14. The number of hydrogen-bond donors (Lipinski definition) is 22. The van der Waals surface area contributed by atoms with Gasteiger partial charge in [-0.1, -0.05) is 24.3 Å². The molecule has 0 bridgehead atoms. The summed E-state index contributed by atoms with van der Waals surface area (Å²) in [6, 6.07) is 5.13. The van der Waals surface area contributed by atoms with Crippen LogP contribution < -0.4 is 42.5 Å². The number of unbranched alkanes of at least 4 members (excludes halogenated alkanes) is 2. The Morgan fingerprint density at radius 1 is 0.314 bits per heavy atom. The molecule has 4 amide bonds. The summed E-state index contributed by atoms with van der Waals surface area (Å²) in [7, 11) is 0. The van der Waals surface area contributed by atoms with E-state index in [9.17, 15) is 138 Å². The van der Waals surface area contributed by atoms with E-state index in [-0.39, 0.29) is 199 Å². The predicted octanol–water partition coefficient (Wildman–Crippen LogP) is -3.01. The van der Waals surface area contributed by atoms with Gasteiger partial charge in [-0.3, -0.25) is 87.1 Å². The van der Waals surface area contributed by atoms with E-state index in [1.165, 1.54) is 0 Å². The van der Waals surface area contributed by atoms with Crippen LogP contribution in [0.2, 0.25) is 0 Å². The molecule has 2 heterocycles. The normalized spacial score (nSPS) is 17.0. The van der Waals surface area contributed by atoms with Gasteiger partial charge in [-0.05, 0) is 124 Å². The number of carbonyl (C=O) groups is 16. The van der Waals surface area contributed by atoms with Crippen molar-refractivity contribution in [1.82, 2.24) is 71.1 Å². The second-order valence-electron chi connectivity index (χ2n) is 28.2. The first-order valence-corrected chi connectivity index (χ1v) is 38.8. The van der Waals surface area contributed by atoms with Crippen molar-refractivity contribution in [2.24, 2.45) is 0 Å². The van der Waals surface area contributed by atoms with Crippen LogP contribution in [-0.2, 0) is 80.0 Å². The molecule has 4 rings (SSSR count). The molecule has 6 atom stereocenters. The molecule has 2 saturated heterocycles. The fourth-order valence-electron chi connectivity index (χ4n) is 12.7. The molecule has 0 aromatic heterocycles. The number of aliphatic carboxylic acids is 14. The molecule has 22 N–H and O–H groups in total. The maximum atomic E-state index is 12.2. The molecule has 2 aromatic carbocycles. The van der Waals surface area contributed by atoms with Crippen LogP contribution in [-0.4, -0.2) is 430 Å². The number of carboxylic acids is 14. The van der Waals surface area contributed by atoms with Crippen LogP contribution in [0.15, 0.2) is 48.5 Å². The number of thiocarbonyl (C=S) groups is 2. The van der Waals surface area contributed by atoms with Gasteiger partial charge in [0.15, 0.2) is 10.2 Å². The van der Waals surface area contributed by atoms with E-state index in [1.807, 2.05) is 0 Å². The van der Waals surface area contributed by atoms with Gasteiger partial charge in [0, 0.05) is 161 Å². The summed E-state index contributed by atoms with van der Waals surface area (Å²) in [4.78, 5) is 199. The zero-order chi connectivity index (χ0) is 89.6. The van der Waals surface area contributed by atoms with Gasteiger partial charge in [0.05, 0.1) is 52.4 Å². The fourth-order valence-corrected chi connectivity index (χ4v) is 13.1. The standard InChI is InChI=1S/2C36H54N8O15S.Ga/c2*45-28(46)9-8-27(34(57)58)40-35(59)39-26(33(55)56)3-1-2-10-37-36(60)38-24-6-4-23(5-7-24)17-25-18-43(21-31(51)52)14-13-41(19-29(47)48)11-12-42(20-30(49)50)15-16-44(25)22-32(53)54;/h2*4-7,25-27H,1-3,8-22H2,(H,45,46)(H,47,48)(H,49,50)(H,51,52)(H,53,54)(H,55,56)(H,57,58)(H2,37,38,60)(H2,39,40,59);/i;;1-2. The molecule has 2 fully saturated rings. The zero-order valence-corrected chi connectivity index (χ0v) is 70.4. The SMILES string of the molecule is O=C(O)CCC(NC(=O)NC(CCCCNC(=S)Nc1ccc(CC2CN(CC(=O)O)CCN(CC(=O)O)CCN(CC(=O)O)CCN2CC(=O)O)cc1)C(=O)O)C(=O)O.O=C(O)CCC(NC(=O)NC(CCCCNC(=S)Nc1ccc(CC2CN(CC(=O)O)CCN(CC(=O)O)CCN(CC(=O)O)CCN2CC(=O)O)cc1)C(=O)O)C(=O)O.[68Ga]. The third-order valence-electron chi connectivity index (χ3n) is 18.6. The van der Waals surface area contributed by atoms with Crippen molar-refractivity contribution in [2.75, 3.05) is 168 Å². The van der Waals surface area contributed by atoms with Crippen LogP contribution in [0.4, 0.5) is 21.0 Å². The first-order valence-electron chi connectivity index (χ1n) is 37.9. The Hall–Kier alpha value is -10.7. The number of anilines is 2. The quantitative estimate of drug-likeness (QED) is 0.0178. The molecule has 0 saturated carbocycles. The zero-order valence-electron chi connectivity index (χ0n) is 66.3. The molecule has 671 valence electrons. The second-order valence-corrected chi connectivity index (χ2v) is 29.0. The van der Waals surface area contributed by atoms with E-state index in [1.54, 1.807) is 87.7 Å². The largest absolute Gasteiger partial charge is 0.481 e. The Balaban J connectivity index is 0.000000813. The van der Waals surface area contributed by atoms with Crippen LogP contribution in [0.1, 0.15) is 75.3 Å². The van der Waals surface area contributed by atoms with E-state index in [0.717, 1.165) is 11.1 Å². The minimum Gasteiger partial charge on any atom is -0.481 e. The minimum atomic E-state index is -1.52. The Labute approximate surface area is 717 Å². The van der Waals surface area contributed by atoms with Crippen LogP contribution in [0, 0.1) is 0 Å². The molecule has 6 unspecified atom stereocenters. The number of urea groups is 2. The van der Waals surface area contributed by atoms with E-state index in [4.69, 9.17) is 34.6 Å². The summed E-state index contributed by atoms with van der Waals surface area (Å²) in [5, 5.41) is 153. The second kappa shape index (κ2) is 57.5. The Bertz CT molecular complexity index is 3550. The topological polar surface area (TPSA) is 679 Å². The summed E-state index contributed by atoms with van der Waals surface area (Å²) < 4.78 is 0. The van der Waals surface area contributed by atoms with Crippen molar-refractivity contribution in [1.29, 1.82) is 0 Å². The van der Waals surface area contributed by atoms with Crippen LogP contribution in [0.25, 0.3) is 0 Å². The van der Waals surface area contributed by atoms with Gasteiger partial charge in [0.25, 0.3) is 0 Å². The summed E-state index contributed by atoms with van der Waals surface area (Å²) in [5.74, 6) is -17.0. The Morgan fingerprint density at radius 3 is 0.802 bits per heavy atom. The third-order valence-corrected chi connectivity index (χ3v) is 19.1. The number of amides is 4. The average Bonchev–Trinajstić information content (AvgIpc) is 0.845. The van der Waals surface area contributed by atoms with Gasteiger partial charge in [0.2, 0.25) is 0 Å². The fraction of sp³-hybridized carbons (Fsp3) is 0.583. The van der Waals surface area contributed by atoms with Crippen molar-refractivity contribution in [3.8, 4) is 0 Å². The van der Waals surface area contributed by atoms with E-state index in [0.29, 0.717) is 50.1 Å². The molecule has 46 nitrogen and oxygen atoms in total. The molecule has 49 heteroatoms. The van der Waals surface area contributed by atoms with Gasteiger partial charge in [0.1, 0.15) is 24.2 Å². The molecule has 2 aliphatic heterocycles. The van der Waals surface area contributed by atoms with Crippen LogP contribution in [0.3, 0.4) is 0 Å². The van der Waals surface area contributed by atoms with Crippen molar-refractivity contribution >= 4 is 161 Å². The van der Waals surface area contributed by atoms with E-state index in [2.05, 4.69) is 42.5 Å². The molecule has 2 aromatic rings. The molecule has 0 spiro atoms. The first kappa shape index (κ1) is 106. The monoisotopic (exact) mass is 1810 g/mol. The Kier molecular flexibility index (Phi) is 50.5. The summed E-state index contributed by atoms with van der Waals surface area (Å²) in [6.07, 6.45) is 0.273. The first-order chi connectivity index (χ1) is 56.6. The van der Waals surface area contributed by atoms with Crippen molar-refractivity contribution < 1.29 is 148 Å². The summed E-state index contributed by atoms with van der Waals surface area (Å²) >= 11 is 10.8. The maximum absolute atomic E-state index is 12.2. The molecule has 0 aliphatic carbocycles. The smallest absolute Gasteiger partial charge is 0.326 e. The number of hydrogen-bond acceptors (Lipinski definition) is 26. The summed E-state index contributed by atoms with van der Waals surface area (Å²) in [5.41, 5.74) is 2.73. The number of rotatable bonds is 46. The van der Waals surface area contributed by atoms with Crippen molar-refractivity contribution in [3.63, 3.8) is 0 Å². The summed E-state index contributed by atoms with van der Waals surface area (Å²) in [6.45, 7) is 0.00637. The van der Waals surface area contributed by atoms with E-state index >= 15 is 0 Å². The number of carbonyl (C=O) groups excluding carboxylic acids is 2. The predicted molar refractivity (Wildman–Crippen MR) is 435 cm³/mol. The van der Waals surface area contributed by atoms with Gasteiger partial charge in [-0.2, -0.15) is 0 Å². The number of benzene rings is 2. The molecule has 121 heavy (non-hydrogen) atoms. The van der Waals surface area contributed by atoms with Gasteiger partial charge < -0.3 is 114 Å². The molecular formula is C72H108GaN16O30S2.